The van der Waals surface area contributed by atoms with E-state index in [1.165, 1.54) is 10.8 Å². The Morgan fingerprint density at radius 3 is 1.29 bits per heavy atom. The minimum absolute atomic E-state index is 0. The standard InChI is InChI=1S/C10H8.CH2O4S.Na/c1-2-6-10-8-4-3-7-9(10)5-1;2-1-6(3,4)5;/h1-8H;1H,(H,3,4,5);/q;;+1/p-1. The first-order valence-corrected chi connectivity index (χ1v) is 5.85. The zero-order chi connectivity index (χ0) is 12.0. The molecule has 2 aromatic carbocycles. The normalized spacial score (nSPS) is 9.71. The van der Waals surface area contributed by atoms with E-state index in [1.807, 2.05) is 0 Å². The van der Waals surface area contributed by atoms with E-state index >= 15 is 0 Å². The van der Waals surface area contributed by atoms with E-state index in [1.54, 1.807) is 0 Å². The van der Waals surface area contributed by atoms with Crippen LogP contribution in [0.1, 0.15) is 0 Å². The molecule has 0 aliphatic rings. The van der Waals surface area contributed by atoms with Crippen molar-refractivity contribution in [3.63, 3.8) is 0 Å². The van der Waals surface area contributed by atoms with Gasteiger partial charge in [-0.2, -0.15) is 0 Å². The molecule has 0 aromatic heterocycles. The van der Waals surface area contributed by atoms with Gasteiger partial charge in [0.2, 0.25) is 5.62 Å². The summed E-state index contributed by atoms with van der Waals surface area (Å²) >= 11 is 0. The molecule has 0 spiro atoms. The van der Waals surface area contributed by atoms with Crippen molar-refractivity contribution in [3.8, 4) is 0 Å². The average Bonchev–Trinajstić information content (AvgIpc) is 2.29. The maximum absolute atomic E-state index is 9.08. The Labute approximate surface area is 122 Å². The quantitative estimate of drug-likeness (QED) is 0.358. The topological polar surface area (TPSA) is 74.3 Å². The van der Waals surface area contributed by atoms with Gasteiger partial charge in [0.1, 0.15) is 0 Å². The molecule has 0 saturated heterocycles. The fraction of sp³-hybridized carbons (Fsp3) is 0. The number of carbonyl (C=O) groups excluding carboxylic acids is 1. The van der Waals surface area contributed by atoms with E-state index in [0.717, 1.165) is 0 Å². The van der Waals surface area contributed by atoms with Gasteiger partial charge in [-0.05, 0) is 10.8 Å². The summed E-state index contributed by atoms with van der Waals surface area (Å²) in [4.78, 5) is 8.93. The second-order valence-electron chi connectivity index (χ2n) is 2.94. The van der Waals surface area contributed by atoms with Gasteiger partial charge in [0.25, 0.3) is 0 Å². The van der Waals surface area contributed by atoms with Crippen molar-refractivity contribution in [2.75, 3.05) is 0 Å². The predicted molar refractivity (Wildman–Crippen MR) is 60.4 cm³/mol. The molecule has 0 heterocycles. The van der Waals surface area contributed by atoms with Gasteiger partial charge >= 0.3 is 29.6 Å². The van der Waals surface area contributed by atoms with E-state index in [2.05, 4.69) is 48.5 Å². The van der Waals surface area contributed by atoms with Crippen LogP contribution in [0.2, 0.25) is 0 Å². The molecule has 0 aliphatic carbocycles. The van der Waals surface area contributed by atoms with Crippen LogP contribution in [0, 0.1) is 0 Å². The third-order valence-corrected chi connectivity index (χ3v) is 2.01. The molecule has 0 aliphatic heterocycles. The minimum atomic E-state index is -4.59. The van der Waals surface area contributed by atoms with E-state index < -0.39 is 15.7 Å². The second kappa shape index (κ2) is 7.58. The Morgan fingerprint density at radius 2 is 1.12 bits per heavy atom. The van der Waals surface area contributed by atoms with Crippen molar-refractivity contribution in [1.29, 1.82) is 0 Å². The smallest absolute Gasteiger partial charge is 0.742 e. The number of hydrogen-bond donors (Lipinski definition) is 0. The van der Waals surface area contributed by atoms with Crippen LogP contribution in [-0.4, -0.2) is 18.6 Å². The third kappa shape index (κ3) is 6.55. The molecule has 0 fully saturated rings. The summed E-state index contributed by atoms with van der Waals surface area (Å²) in [6.45, 7) is 0. The average molecular weight is 260 g/mol. The first-order chi connectivity index (χ1) is 7.53. The summed E-state index contributed by atoms with van der Waals surface area (Å²) < 4.78 is 27.2. The fourth-order valence-electron chi connectivity index (χ4n) is 1.13. The maximum atomic E-state index is 9.08. The summed E-state index contributed by atoms with van der Waals surface area (Å²) in [6.07, 6.45) is 0. The van der Waals surface area contributed by atoms with Gasteiger partial charge in [-0.25, -0.2) is 8.42 Å². The molecular formula is C11H9NaO4S. The fourth-order valence-corrected chi connectivity index (χ4v) is 1.13. The van der Waals surface area contributed by atoms with Gasteiger partial charge < -0.3 is 4.55 Å². The molecule has 0 amide bonds. The Hall–Kier alpha value is -0.720. The molecule has 0 saturated carbocycles. The van der Waals surface area contributed by atoms with Crippen molar-refractivity contribution >= 4 is 26.5 Å². The Morgan fingerprint density at radius 1 is 0.882 bits per heavy atom. The van der Waals surface area contributed by atoms with Crippen LogP contribution >= 0.6 is 0 Å². The number of hydrogen-bond acceptors (Lipinski definition) is 4. The summed E-state index contributed by atoms with van der Waals surface area (Å²) in [5.41, 5.74) is -0.646. The van der Waals surface area contributed by atoms with Gasteiger partial charge in [0, 0.05) is 0 Å². The first kappa shape index (κ1) is 16.3. The minimum Gasteiger partial charge on any atom is -0.742 e. The molecule has 0 radical (unpaired) electrons. The van der Waals surface area contributed by atoms with Crippen molar-refractivity contribution in [2.45, 2.75) is 0 Å². The molecule has 0 atom stereocenters. The largest absolute Gasteiger partial charge is 1.00 e. The van der Waals surface area contributed by atoms with E-state index in [4.69, 9.17) is 17.8 Å². The van der Waals surface area contributed by atoms with Gasteiger partial charge in [0.05, 0.1) is 0 Å². The molecule has 0 bridgehead atoms. The Balaban J connectivity index is 0.000000324. The van der Waals surface area contributed by atoms with Gasteiger partial charge in [-0.1, -0.05) is 48.5 Å². The maximum Gasteiger partial charge on any atom is 1.00 e. The molecule has 2 aromatic rings. The summed E-state index contributed by atoms with van der Waals surface area (Å²) in [5.74, 6) is 0. The molecule has 6 heteroatoms. The number of rotatable bonds is 1. The zero-order valence-electron chi connectivity index (χ0n) is 9.24. The monoisotopic (exact) mass is 260 g/mol. The molecule has 0 unspecified atom stereocenters. The van der Waals surface area contributed by atoms with Crippen LogP contribution in [0.3, 0.4) is 0 Å². The number of fused-ring (bicyclic) bond motifs is 1. The summed E-state index contributed by atoms with van der Waals surface area (Å²) in [6, 6.07) is 16.7. The second-order valence-corrected chi connectivity index (χ2v) is 4.11. The van der Waals surface area contributed by atoms with E-state index in [-0.39, 0.29) is 29.6 Å². The molecule has 0 N–H and O–H groups in total. The first-order valence-electron chi connectivity index (χ1n) is 4.38. The van der Waals surface area contributed by atoms with Crippen molar-refractivity contribution < 1.29 is 47.3 Å². The molecule has 17 heavy (non-hydrogen) atoms. The third-order valence-electron chi connectivity index (χ3n) is 1.78. The molecular weight excluding hydrogens is 251 g/mol. The summed E-state index contributed by atoms with van der Waals surface area (Å²) in [5, 5.41) is 2.62. The molecule has 2 rings (SSSR count). The number of benzene rings is 2. The van der Waals surface area contributed by atoms with Crippen LogP contribution in [-0.2, 0) is 14.9 Å². The SMILES string of the molecule is O=CS(=O)(=O)[O-].[Na+].c1ccc2ccccc2c1. The Bertz CT molecular complexity index is 504. The Kier molecular flexibility index (Phi) is 7.26. The van der Waals surface area contributed by atoms with Crippen LogP contribution in [0.25, 0.3) is 10.8 Å². The van der Waals surface area contributed by atoms with Crippen LogP contribution in [0.4, 0.5) is 0 Å². The predicted octanol–water partition coefficient (Wildman–Crippen LogP) is -1.43. The van der Waals surface area contributed by atoms with Crippen molar-refractivity contribution in [1.82, 2.24) is 0 Å². The molecule has 4 nitrogen and oxygen atoms in total. The zero-order valence-corrected chi connectivity index (χ0v) is 12.1. The van der Waals surface area contributed by atoms with Gasteiger partial charge in [-0.3, -0.25) is 4.79 Å². The summed E-state index contributed by atoms with van der Waals surface area (Å²) in [7, 11) is -4.59. The van der Waals surface area contributed by atoms with Crippen LogP contribution < -0.4 is 29.6 Å². The van der Waals surface area contributed by atoms with Crippen LogP contribution in [0.5, 0.6) is 0 Å². The van der Waals surface area contributed by atoms with E-state index in [0.29, 0.717) is 0 Å². The van der Waals surface area contributed by atoms with Crippen LogP contribution in [0.15, 0.2) is 48.5 Å². The number of carbonyl (C=O) groups is 1. The van der Waals surface area contributed by atoms with Gasteiger partial charge in [-0.15, -0.1) is 0 Å². The van der Waals surface area contributed by atoms with E-state index in [9.17, 15) is 0 Å². The van der Waals surface area contributed by atoms with Crippen molar-refractivity contribution in [2.24, 2.45) is 0 Å². The van der Waals surface area contributed by atoms with Crippen molar-refractivity contribution in [3.05, 3.63) is 48.5 Å². The van der Waals surface area contributed by atoms with Gasteiger partial charge in [0.15, 0.2) is 10.1 Å². The molecule has 84 valence electrons.